The van der Waals surface area contributed by atoms with Gasteiger partial charge in [0.15, 0.2) is 0 Å². The first-order valence-corrected chi connectivity index (χ1v) is 9.07. The molecular weight excluding hydrogens is 308 g/mol. The monoisotopic (exact) mass is 330 g/mol. The number of urea groups is 1. The lowest BCUT2D eigenvalue weighted by atomic mass is 10.1. The molecule has 9 heteroatoms. The summed E-state index contributed by atoms with van der Waals surface area (Å²) in [5.41, 5.74) is 1.63. The molecule has 0 saturated carbocycles. The Labute approximate surface area is 130 Å². The summed E-state index contributed by atoms with van der Waals surface area (Å²) in [4.78, 5) is 13.8. The van der Waals surface area contributed by atoms with E-state index in [0.717, 1.165) is 30.4 Å². The fourth-order valence-electron chi connectivity index (χ4n) is 2.59. The number of nitrogens with zero attached hydrogens (tertiary/aromatic N) is 2. The summed E-state index contributed by atoms with van der Waals surface area (Å²) < 4.78 is 30.2. The molecule has 2 amide bonds. The molecule has 0 aromatic carbocycles. The number of aromatic nitrogens is 1. The van der Waals surface area contributed by atoms with Crippen LogP contribution in [0.3, 0.4) is 0 Å². The van der Waals surface area contributed by atoms with Crippen molar-refractivity contribution in [3.05, 3.63) is 17.0 Å². The average Bonchev–Trinajstić information content (AvgIpc) is 2.74. The first-order chi connectivity index (χ1) is 10.3. The first-order valence-electron chi connectivity index (χ1n) is 7.18. The third kappa shape index (κ3) is 4.44. The highest BCUT2D eigenvalue weighted by Gasteiger charge is 2.25. The molecule has 1 atom stereocenters. The Morgan fingerprint density at radius 2 is 2.18 bits per heavy atom. The molecule has 0 radical (unpaired) electrons. The van der Waals surface area contributed by atoms with Crippen LogP contribution in [-0.4, -0.2) is 49.9 Å². The quantitative estimate of drug-likeness (QED) is 0.837. The summed E-state index contributed by atoms with van der Waals surface area (Å²) in [6.45, 7) is 4.97. The third-order valence-electron chi connectivity index (χ3n) is 3.69. The fraction of sp³-hybridized carbons (Fsp3) is 0.692. The minimum absolute atomic E-state index is 0.208. The van der Waals surface area contributed by atoms with E-state index in [4.69, 9.17) is 4.52 Å². The lowest BCUT2D eigenvalue weighted by Crippen LogP contribution is -2.51. The zero-order valence-electron chi connectivity index (χ0n) is 13.0. The minimum Gasteiger partial charge on any atom is -0.361 e. The molecule has 1 aliphatic rings. The van der Waals surface area contributed by atoms with E-state index < -0.39 is 10.0 Å². The molecule has 1 aromatic rings. The number of sulfonamides is 1. The Morgan fingerprint density at radius 1 is 1.45 bits per heavy atom. The fourth-order valence-corrected chi connectivity index (χ4v) is 3.39. The average molecular weight is 330 g/mol. The number of nitrogens with one attached hydrogen (secondary N) is 2. The molecular formula is C13H22N4O4S. The second-order valence-electron chi connectivity index (χ2n) is 5.64. The molecule has 0 spiro atoms. The van der Waals surface area contributed by atoms with Crippen LogP contribution in [0.25, 0.3) is 0 Å². The van der Waals surface area contributed by atoms with Crippen molar-refractivity contribution in [2.24, 2.45) is 0 Å². The number of hydrogen-bond donors (Lipinski definition) is 2. The van der Waals surface area contributed by atoms with Crippen molar-refractivity contribution in [2.45, 2.75) is 39.3 Å². The molecule has 1 saturated heterocycles. The summed E-state index contributed by atoms with van der Waals surface area (Å²) in [5.74, 6) is 0.688. The van der Waals surface area contributed by atoms with Crippen molar-refractivity contribution in [3.63, 3.8) is 0 Å². The number of hydrogen-bond acceptors (Lipinski definition) is 5. The summed E-state index contributed by atoms with van der Waals surface area (Å²) in [5, 5.41) is 6.67. The van der Waals surface area contributed by atoms with E-state index in [-0.39, 0.29) is 12.1 Å². The molecule has 2 N–H and O–H groups in total. The smallest absolute Gasteiger partial charge is 0.317 e. The Kier molecular flexibility index (Phi) is 5.07. The van der Waals surface area contributed by atoms with Gasteiger partial charge in [-0.3, -0.25) is 0 Å². The van der Waals surface area contributed by atoms with Gasteiger partial charge in [-0.1, -0.05) is 5.16 Å². The molecule has 1 aromatic heterocycles. The van der Waals surface area contributed by atoms with Crippen molar-refractivity contribution in [1.82, 2.24) is 20.1 Å². The van der Waals surface area contributed by atoms with Crippen molar-refractivity contribution < 1.29 is 17.7 Å². The molecule has 0 aliphatic carbocycles. The highest BCUT2D eigenvalue weighted by atomic mass is 32.2. The van der Waals surface area contributed by atoms with Crippen LogP contribution >= 0.6 is 0 Å². The summed E-state index contributed by atoms with van der Waals surface area (Å²) in [6, 6.07) is -0.437. The van der Waals surface area contributed by atoms with Crippen molar-refractivity contribution >= 4 is 16.1 Å². The summed E-state index contributed by atoms with van der Waals surface area (Å²) >= 11 is 0. The van der Waals surface area contributed by atoms with Gasteiger partial charge in [-0.05, 0) is 26.7 Å². The second kappa shape index (κ2) is 6.66. The normalized spacial score (nSPS) is 19.2. The van der Waals surface area contributed by atoms with E-state index in [0.29, 0.717) is 25.4 Å². The standard InChI is InChI=1S/C13H22N4O4S/c1-9-12(10(2)21-15-9)7-14-13(18)17-6-4-5-11(8-17)16-22(3,19)20/h11,16H,4-8H2,1-3H3,(H,14,18). The highest BCUT2D eigenvalue weighted by molar-refractivity contribution is 7.88. The van der Waals surface area contributed by atoms with Crippen LogP contribution in [0.5, 0.6) is 0 Å². The maximum absolute atomic E-state index is 12.2. The molecule has 124 valence electrons. The third-order valence-corrected chi connectivity index (χ3v) is 4.45. The highest BCUT2D eigenvalue weighted by Crippen LogP contribution is 2.13. The predicted octanol–water partition coefficient (Wildman–Crippen LogP) is 0.515. The molecule has 1 aliphatic heterocycles. The largest absolute Gasteiger partial charge is 0.361 e. The molecule has 0 bridgehead atoms. The van der Waals surface area contributed by atoms with Crippen LogP contribution in [-0.2, 0) is 16.6 Å². The van der Waals surface area contributed by atoms with Crippen LogP contribution in [0.4, 0.5) is 4.79 Å². The Hall–Kier alpha value is -1.61. The van der Waals surface area contributed by atoms with E-state index in [2.05, 4.69) is 15.2 Å². The van der Waals surface area contributed by atoms with Crippen LogP contribution in [0, 0.1) is 13.8 Å². The Morgan fingerprint density at radius 3 is 2.77 bits per heavy atom. The molecule has 1 fully saturated rings. The van der Waals surface area contributed by atoms with Gasteiger partial charge >= 0.3 is 6.03 Å². The summed E-state index contributed by atoms with van der Waals surface area (Å²) in [7, 11) is -3.26. The van der Waals surface area contributed by atoms with E-state index in [9.17, 15) is 13.2 Å². The SMILES string of the molecule is Cc1noc(C)c1CNC(=O)N1CCCC(NS(C)(=O)=O)C1. The lowest BCUT2D eigenvalue weighted by molar-refractivity contribution is 0.177. The van der Waals surface area contributed by atoms with Gasteiger partial charge < -0.3 is 14.7 Å². The van der Waals surface area contributed by atoms with Gasteiger partial charge in [-0.2, -0.15) is 0 Å². The zero-order chi connectivity index (χ0) is 16.3. The van der Waals surface area contributed by atoms with Gasteiger partial charge in [-0.15, -0.1) is 0 Å². The van der Waals surface area contributed by atoms with Gasteiger partial charge in [-0.25, -0.2) is 17.9 Å². The number of amides is 2. The minimum atomic E-state index is -3.26. The lowest BCUT2D eigenvalue weighted by Gasteiger charge is -2.32. The number of rotatable bonds is 4. The first kappa shape index (κ1) is 16.8. The molecule has 8 nitrogen and oxygen atoms in total. The van der Waals surface area contributed by atoms with Gasteiger partial charge in [0.2, 0.25) is 10.0 Å². The number of carbonyl (C=O) groups is 1. The Balaban J connectivity index is 1.89. The van der Waals surface area contributed by atoms with E-state index >= 15 is 0 Å². The van der Waals surface area contributed by atoms with Crippen molar-refractivity contribution in [2.75, 3.05) is 19.3 Å². The second-order valence-corrected chi connectivity index (χ2v) is 7.42. The molecule has 1 unspecified atom stereocenters. The van der Waals surface area contributed by atoms with Crippen LogP contribution in [0.1, 0.15) is 29.9 Å². The topological polar surface area (TPSA) is 105 Å². The van der Waals surface area contributed by atoms with Crippen LogP contribution < -0.4 is 10.0 Å². The number of aryl methyl sites for hydroxylation is 2. The van der Waals surface area contributed by atoms with E-state index in [1.54, 1.807) is 11.8 Å². The van der Waals surface area contributed by atoms with Gasteiger partial charge in [0.1, 0.15) is 5.76 Å². The molecule has 2 rings (SSSR count). The number of likely N-dealkylation sites (tertiary alicyclic amines) is 1. The van der Waals surface area contributed by atoms with Gasteiger partial charge in [0.25, 0.3) is 0 Å². The molecule has 22 heavy (non-hydrogen) atoms. The van der Waals surface area contributed by atoms with Crippen molar-refractivity contribution in [3.8, 4) is 0 Å². The number of carbonyl (C=O) groups excluding carboxylic acids is 1. The molecule has 2 heterocycles. The zero-order valence-corrected chi connectivity index (χ0v) is 13.9. The predicted molar refractivity (Wildman–Crippen MR) is 80.8 cm³/mol. The maximum atomic E-state index is 12.2. The Bertz CT molecular complexity index is 621. The van der Waals surface area contributed by atoms with Gasteiger partial charge in [0, 0.05) is 31.2 Å². The van der Waals surface area contributed by atoms with Gasteiger partial charge in [0.05, 0.1) is 11.9 Å². The number of piperidine rings is 1. The van der Waals surface area contributed by atoms with Crippen LogP contribution in [0.15, 0.2) is 4.52 Å². The van der Waals surface area contributed by atoms with Crippen molar-refractivity contribution in [1.29, 1.82) is 0 Å². The maximum Gasteiger partial charge on any atom is 0.317 e. The van der Waals surface area contributed by atoms with E-state index in [1.165, 1.54) is 0 Å². The summed E-state index contributed by atoms with van der Waals surface area (Å²) in [6.07, 6.45) is 2.64. The van der Waals surface area contributed by atoms with Crippen LogP contribution in [0.2, 0.25) is 0 Å². The van der Waals surface area contributed by atoms with E-state index in [1.807, 2.05) is 6.92 Å².